The SMILES string of the molecule is CCOC1CC(NCc2cc(C)on2)C1(C)C. The fraction of sp³-hybridized carbons (Fsp3) is 0.769. The summed E-state index contributed by atoms with van der Waals surface area (Å²) in [5, 5.41) is 7.51. The van der Waals surface area contributed by atoms with E-state index >= 15 is 0 Å². The summed E-state index contributed by atoms with van der Waals surface area (Å²) in [6.07, 6.45) is 1.46. The zero-order valence-corrected chi connectivity index (χ0v) is 11.1. The standard InChI is InChI=1S/C13H22N2O2/c1-5-16-12-7-11(13(12,3)4)14-8-10-6-9(2)17-15-10/h6,11-12,14H,5,7-8H2,1-4H3. The lowest BCUT2D eigenvalue weighted by Gasteiger charge is -2.51. The largest absolute Gasteiger partial charge is 0.378 e. The van der Waals surface area contributed by atoms with Crippen molar-refractivity contribution in [1.82, 2.24) is 10.5 Å². The monoisotopic (exact) mass is 238 g/mol. The van der Waals surface area contributed by atoms with Crippen LogP contribution < -0.4 is 5.32 Å². The molecule has 1 aliphatic carbocycles. The summed E-state index contributed by atoms with van der Waals surface area (Å²) < 4.78 is 10.8. The number of aromatic nitrogens is 1. The molecule has 1 saturated carbocycles. The van der Waals surface area contributed by atoms with Gasteiger partial charge in [-0.3, -0.25) is 0 Å². The van der Waals surface area contributed by atoms with Gasteiger partial charge >= 0.3 is 0 Å². The predicted octanol–water partition coefficient (Wildman–Crippen LogP) is 2.28. The first-order valence-corrected chi connectivity index (χ1v) is 6.31. The third-order valence-corrected chi connectivity index (χ3v) is 3.75. The zero-order chi connectivity index (χ0) is 12.5. The maximum Gasteiger partial charge on any atom is 0.133 e. The Hall–Kier alpha value is -0.870. The molecule has 0 saturated heterocycles. The molecular formula is C13H22N2O2. The minimum atomic E-state index is 0.203. The summed E-state index contributed by atoms with van der Waals surface area (Å²) >= 11 is 0. The summed E-state index contributed by atoms with van der Waals surface area (Å²) in [6.45, 7) is 10.0. The third kappa shape index (κ3) is 2.53. The Morgan fingerprint density at radius 3 is 2.88 bits per heavy atom. The van der Waals surface area contributed by atoms with Crippen molar-refractivity contribution >= 4 is 0 Å². The molecule has 0 aromatic carbocycles. The van der Waals surface area contributed by atoms with Crippen LogP contribution in [0, 0.1) is 12.3 Å². The Kier molecular flexibility index (Phi) is 3.54. The summed E-state index contributed by atoms with van der Waals surface area (Å²) in [6, 6.07) is 2.47. The molecule has 2 atom stereocenters. The van der Waals surface area contributed by atoms with Crippen molar-refractivity contribution in [2.24, 2.45) is 5.41 Å². The number of rotatable bonds is 5. The van der Waals surface area contributed by atoms with Crippen LogP contribution in [0.3, 0.4) is 0 Å². The van der Waals surface area contributed by atoms with E-state index in [0.717, 1.165) is 31.0 Å². The molecule has 96 valence electrons. The lowest BCUT2D eigenvalue weighted by atomic mass is 9.64. The summed E-state index contributed by atoms with van der Waals surface area (Å²) in [4.78, 5) is 0. The van der Waals surface area contributed by atoms with Crippen molar-refractivity contribution < 1.29 is 9.26 Å². The first-order chi connectivity index (χ1) is 8.04. The van der Waals surface area contributed by atoms with Gasteiger partial charge < -0.3 is 14.6 Å². The highest BCUT2D eigenvalue weighted by atomic mass is 16.5. The molecular weight excluding hydrogens is 216 g/mol. The number of aryl methyl sites for hydroxylation is 1. The van der Waals surface area contributed by atoms with Gasteiger partial charge in [-0.15, -0.1) is 0 Å². The predicted molar refractivity (Wildman–Crippen MR) is 65.7 cm³/mol. The van der Waals surface area contributed by atoms with Crippen LogP contribution in [0.2, 0.25) is 0 Å². The Bertz CT molecular complexity index is 373. The Labute approximate surface area is 103 Å². The van der Waals surface area contributed by atoms with Crippen LogP contribution in [0.1, 0.15) is 38.6 Å². The molecule has 4 nitrogen and oxygen atoms in total. The average molecular weight is 238 g/mol. The van der Waals surface area contributed by atoms with Crippen LogP contribution in [0.5, 0.6) is 0 Å². The van der Waals surface area contributed by atoms with E-state index in [-0.39, 0.29) is 5.41 Å². The minimum Gasteiger partial charge on any atom is -0.378 e. The molecule has 4 heteroatoms. The maximum atomic E-state index is 5.71. The highest BCUT2D eigenvalue weighted by molar-refractivity contribution is 5.07. The maximum absolute atomic E-state index is 5.71. The highest BCUT2D eigenvalue weighted by Crippen LogP contribution is 2.42. The molecule has 1 aromatic rings. The average Bonchev–Trinajstić information content (AvgIpc) is 2.68. The van der Waals surface area contributed by atoms with Crippen molar-refractivity contribution in [2.45, 2.75) is 52.8 Å². The van der Waals surface area contributed by atoms with Crippen molar-refractivity contribution in [3.63, 3.8) is 0 Å². The van der Waals surface area contributed by atoms with Gasteiger partial charge in [-0.05, 0) is 20.3 Å². The lowest BCUT2D eigenvalue weighted by molar-refractivity contribution is -0.114. The normalized spacial score (nSPS) is 26.8. The fourth-order valence-electron chi connectivity index (χ4n) is 2.44. The molecule has 0 spiro atoms. The van der Waals surface area contributed by atoms with Gasteiger partial charge in [-0.25, -0.2) is 0 Å². The molecule has 0 bridgehead atoms. The fourth-order valence-corrected chi connectivity index (χ4v) is 2.44. The molecule has 1 N–H and O–H groups in total. The molecule has 0 amide bonds. The first-order valence-electron chi connectivity index (χ1n) is 6.31. The van der Waals surface area contributed by atoms with E-state index in [1.807, 2.05) is 13.0 Å². The number of nitrogens with zero attached hydrogens (tertiary/aromatic N) is 1. The second-order valence-corrected chi connectivity index (χ2v) is 5.36. The van der Waals surface area contributed by atoms with Gasteiger partial charge in [-0.2, -0.15) is 0 Å². The smallest absolute Gasteiger partial charge is 0.133 e. The molecule has 1 aliphatic rings. The molecule has 2 unspecified atom stereocenters. The van der Waals surface area contributed by atoms with Gasteiger partial charge in [0, 0.05) is 30.7 Å². The van der Waals surface area contributed by atoms with Crippen molar-refractivity contribution in [3.05, 3.63) is 17.5 Å². The van der Waals surface area contributed by atoms with Crippen LogP contribution in [0.25, 0.3) is 0 Å². The van der Waals surface area contributed by atoms with Gasteiger partial charge in [0.1, 0.15) is 5.76 Å². The molecule has 0 aliphatic heterocycles. The van der Waals surface area contributed by atoms with Crippen LogP contribution >= 0.6 is 0 Å². The van der Waals surface area contributed by atoms with Gasteiger partial charge in [0.25, 0.3) is 0 Å². The van der Waals surface area contributed by atoms with Gasteiger partial charge in [-0.1, -0.05) is 19.0 Å². The van der Waals surface area contributed by atoms with Gasteiger partial charge in [0.05, 0.1) is 11.8 Å². The topological polar surface area (TPSA) is 47.3 Å². The molecule has 2 rings (SSSR count). The zero-order valence-electron chi connectivity index (χ0n) is 11.1. The number of hydrogen-bond acceptors (Lipinski definition) is 4. The number of nitrogens with one attached hydrogen (secondary N) is 1. The second-order valence-electron chi connectivity index (χ2n) is 5.36. The second kappa shape index (κ2) is 4.78. The highest BCUT2D eigenvalue weighted by Gasteiger charge is 2.48. The lowest BCUT2D eigenvalue weighted by Crippen LogP contribution is -2.60. The quantitative estimate of drug-likeness (QED) is 0.855. The van der Waals surface area contributed by atoms with Crippen LogP contribution in [-0.2, 0) is 11.3 Å². The van der Waals surface area contributed by atoms with E-state index in [1.165, 1.54) is 0 Å². The molecule has 1 aromatic heterocycles. The van der Waals surface area contributed by atoms with E-state index in [1.54, 1.807) is 0 Å². The van der Waals surface area contributed by atoms with E-state index in [0.29, 0.717) is 12.1 Å². The van der Waals surface area contributed by atoms with E-state index in [4.69, 9.17) is 9.26 Å². The van der Waals surface area contributed by atoms with Crippen LogP contribution in [0.15, 0.2) is 10.6 Å². The van der Waals surface area contributed by atoms with Crippen molar-refractivity contribution in [3.8, 4) is 0 Å². The van der Waals surface area contributed by atoms with Gasteiger partial charge in [0.15, 0.2) is 0 Å². The summed E-state index contributed by atoms with van der Waals surface area (Å²) in [7, 11) is 0. The first kappa shape index (κ1) is 12.6. The molecule has 1 fully saturated rings. The molecule has 0 radical (unpaired) electrons. The number of ether oxygens (including phenoxy) is 1. The summed E-state index contributed by atoms with van der Waals surface area (Å²) in [5.41, 5.74) is 1.17. The Morgan fingerprint density at radius 1 is 1.59 bits per heavy atom. The van der Waals surface area contributed by atoms with Crippen LogP contribution in [-0.4, -0.2) is 23.9 Å². The minimum absolute atomic E-state index is 0.203. The van der Waals surface area contributed by atoms with Crippen molar-refractivity contribution in [2.75, 3.05) is 6.61 Å². The number of hydrogen-bond donors (Lipinski definition) is 1. The third-order valence-electron chi connectivity index (χ3n) is 3.75. The van der Waals surface area contributed by atoms with Crippen LogP contribution in [0.4, 0.5) is 0 Å². The Morgan fingerprint density at radius 2 is 2.35 bits per heavy atom. The van der Waals surface area contributed by atoms with E-state index in [9.17, 15) is 0 Å². The van der Waals surface area contributed by atoms with Gasteiger partial charge in [0.2, 0.25) is 0 Å². The van der Waals surface area contributed by atoms with Crippen molar-refractivity contribution in [1.29, 1.82) is 0 Å². The van der Waals surface area contributed by atoms with E-state index in [2.05, 4.69) is 31.2 Å². The summed E-state index contributed by atoms with van der Waals surface area (Å²) in [5.74, 6) is 0.863. The Balaban J connectivity index is 1.82. The van der Waals surface area contributed by atoms with E-state index < -0.39 is 0 Å². The molecule has 1 heterocycles. The molecule has 17 heavy (non-hydrogen) atoms.